The highest BCUT2D eigenvalue weighted by Crippen LogP contribution is 2.43. The van der Waals surface area contributed by atoms with Crippen molar-refractivity contribution in [2.45, 2.75) is 71.9 Å². The molecule has 2 rings (SSSR count). The van der Waals surface area contributed by atoms with Gasteiger partial charge in [-0.25, -0.2) is 4.79 Å². The van der Waals surface area contributed by atoms with E-state index in [-0.39, 0.29) is 17.0 Å². The standard InChI is InChI=1S/C19H29NO2/c1-13-9-10-14-15(11-13)19(7,8)20(12-18(14,5)6)16(21)22-17(2,3)4/h9-11H,12H2,1-8H3. The van der Waals surface area contributed by atoms with Crippen LogP contribution in [0.15, 0.2) is 18.2 Å². The number of aryl methyl sites for hydroxylation is 1. The first-order valence-corrected chi connectivity index (χ1v) is 7.97. The van der Waals surface area contributed by atoms with Crippen LogP contribution < -0.4 is 0 Å². The Morgan fingerprint density at radius 2 is 1.73 bits per heavy atom. The Hall–Kier alpha value is -1.51. The molecule has 0 unspecified atom stereocenters. The van der Waals surface area contributed by atoms with Gasteiger partial charge in [-0.05, 0) is 52.7 Å². The molecule has 0 fully saturated rings. The van der Waals surface area contributed by atoms with Crippen molar-refractivity contribution >= 4 is 6.09 Å². The summed E-state index contributed by atoms with van der Waals surface area (Å²) in [6.07, 6.45) is -0.238. The zero-order valence-corrected chi connectivity index (χ0v) is 15.2. The lowest BCUT2D eigenvalue weighted by Crippen LogP contribution is -2.56. The third kappa shape index (κ3) is 2.99. The lowest BCUT2D eigenvalue weighted by molar-refractivity contribution is -0.00858. The van der Waals surface area contributed by atoms with Crippen molar-refractivity contribution in [2.24, 2.45) is 0 Å². The van der Waals surface area contributed by atoms with Crippen molar-refractivity contribution in [1.29, 1.82) is 0 Å². The van der Waals surface area contributed by atoms with E-state index in [2.05, 4.69) is 52.8 Å². The maximum atomic E-state index is 12.7. The Bertz CT molecular complexity index is 594. The monoisotopic (exact) mass is 303 g/mol. The van der Waals surface area contributed by atoms with Crippen LogP contribution in [0.5, 0.6) is 0 Å². The fraction of sp³-hybridized carbons (Fsp3) is 0.632. The summed E-state index contributed by atoms with van der Waals surface area (Å²) in [5, 5.41) is 0. The molecule has 0 spiro atoms. The molecule has 1 heterocycles. The average molecular weight is 303 g/mol. The van der Waals surface area contributed by atoms with Crippen LogP contribution in [0.3, 0.4) is 0 Å². The third-order valence-corrected chi connectivity index (χ3v) is 4.41. The zero-order chi connectivity index (χ0) is 16.9. The van der Waals surface area contributed by atoms with Gasteiger partial charge >= 0.3 is 6.09 Å². The summed E-state index contributed by atoms with van der Waals surface area (Å²) >= 11 is 0. The highest BCUT2D eigenvalue weighted by molar-refractivity contribution is 5.71. The Balaban J connectivity index is 2.50. The van der Waals surface area contributed by atoms with Crippen LogP contribution in [-0.4, -0.2) is 23.1 Å². The van der Waals surface area contributed by atoms with E-state index in [1.165, 1.54) is 16.7 Å². The molecular weight excluding hydrogens is 274 g/mol. The van der Waals surface area contributed by atoms with Crippen molar-refractivity contribution in [1.82, 2.24) is 4.90 Å². The number of carbonyl (C=O) groups is 1. The number of ether oxygens (including phenoxy) is 1. The van der Waals surface area contributed by atoms with Crippen LogP contribution in [-0.2, 0) is 15.7 Å². The van der Waals surface area contributed by atoms with Gasteiger partial charge in [-0.1, -0.05) is 37.6 Å². The van der Waals surface area contributed by atoms with Gasteiger partial charge in [0, 0.05) is 12.0 Å². The Morgan fingerprint density at radius 3 is 2.27 bits per heavy atom. The molecule has 0 aliphatic carbocycles. The molecule has 1 aromatic carbocycles. The van der Waals surface area contributed by atoms with Crippen LogP contribution in [0.4, 0.5) is 4.79 Å². The van der Waals surface area contributed by atoms with Crippen molar-refractivity contribution in [3.8, 4) is 0 Å². The van der Waals surface area contributed by atoms with Gasteiger partial charge in [0.25, 0.3) is 0 Å². The lowest BCUT2D eigenvalue weighted by Gasteiger charge is -2.50. The predicted octanol–water partition coefficient (Wildman–Crippen LogP) is 4.76. The summed E-state index contributed by atoms with van der Waals surface area (Å²) in [6, 6.07) is 6.56. The van der Waals surface area contributed by atoms with E-state index in [0.717, 1.165) is 0 Å². The Kier molecular flexibility index (Phi) is 3.83. The van der Waals surface area contributed by atoms with Gasteiger partial charge in [0.05, 0.1) is 5.54 Å². The topological polar surface area (TPSA) is 29.5 Å². The Labute approximate surface area is 134 Å². The van der Waals surface area contributed by atoms with Gasteiger partial charge in [0.1, 0.15) is 5.60 Å². The quantitative estimate of drug-likeness (QED) is 0.691. The Morgan fingerprint density at radius 1 is 1.14 bits per heavy atom. The molecule has 3 nitrogen and oxygen atoms in total. The molecule has 1 aliphatic rings. The number of fused-ring (bicyclic) bond motifs is 1. The fourth-order valence-electron chi connectivity index (χ4n) is 3.19. The van der Waals surface area contributed by atoms with E-state index >= 15 is 0 Å². The first-order valence-electron chi connectivity index (χ1n) is 7.97. The van der Waals surface area contributed by atoms with E-state index in [1.54, 1.807) is 0 Å². The number of benzene rings is 1. The second-order valence-electron chi connectivity index (χ2n) is 8.56. The first kappa shape index (κ1) is 16.9. The van der Waals surface area contributed by atoms with Crippen LogP contribution in [0.2, 0.25) is 0 Å². The molecule has 22 heavy (non-hydrogen) atoms. The molecule has 0 aromatic heterocycles. The maximum Gasteiger partial charge on any atom is 0.411 e. The molecule has 0 saturated heterocycles. The molecule has 0 atom stereocenters. The van der Waals surface area contributed by atoms with E-state index in [1.807, 2.05) is 25.7 Å². The summed E-state index contributed by atoms with van der Waals surface area (Å²) in [5.74, 6) is 0. The van der Waals surface area contributed by atoms with E-state index in [0.29, 0.717) is 6.54 Å². The molecule has 0 N–H and O–H groups in total. The second-order valence-corrected chi connectivity index (χ2v) is 8.56. The van der Waals surface area contributed by atoms with Crippen LogP contribution in [0.25, 0.3) is 0 Å². The molecule has 3 heteroatoms. The molecule has 1 aromatic rings. The first-order chi connectivity index (χ1) is 9.84. The molecule has 122 valence electrons. The number of carbonyl (C=O) groups excluding carboxylic acids is 1. The molecular formula is C19H29NO2. The fourth-order valence-corrected chi connectivity index (χ4v) is 3.19. The predicted molar refractivity (Wildman–Crippen MR) is 90.2 cm³/mol. The van der Waals surface area contributed by atoms with E-state index < -0.39 is 5.60 Å². The van der Waals surface area contributed by atoms with Crippen molar-refractivity contribution < 1.29 is 9.53 Å². The maximum absolute atomic E-state index is 12.7. The van der Waals surface area contributed by atoms with Gasteiger partial charge in [-0.2, -0.15) is 0 Å². The summed E-state index contributed by atoms with van der Waals surface area (Å²) in [7, 11) is 0. The molecule has 1 amide bonds. The van der Waals surface area contributed by atoms with Gasteiger partial charge in [0.2, 0.25) is 0 Å². The normalized spacial score (nSPS) is 19.5. The number of amides is 1. The average Bonchev–Trinajstić information content (AvgIpc) is 2.32. The number of hydrogen-bond donors (Lipinski definition) is 0. The summed E-state index contributed by atoms with van der Waals surface area (Å²) < 4.78 is 5.64. The van der Waals surface area contributed by atoms with Gasteiger partial charge in [0.15, 0.2) is 0 Å². The molecule has 0 radical (unpaired) electrons. The molecule has 0 saturated carbocycles. The minimum Gasteiger partial charge on any atom is -0.444 e. The third-order valence-electron chi connectivity index (χ3n) is 4.41. The van der Waals surface area contributed by atoms with Crippen molar-refractivity contribution in [3.05, 3.63) is 34.9 Å². The highest BCUT2D eigenvalue weighted by Gasteiger charge is 2.45. The smallest absolute Gasteiger partial charge is 0.411 e. The van der Waals surface area contributed by atoms with Crippen molar-refractivity contribution in [2.75, 3.05) is 6.54 Å². The summed E-state index contributed by atoms with van der Waals surface area (Å²) in [4.78, 5) is 14.6. The summed E-state index contributed by atoms with van der Waals surface area (Å²) in [6.45, 7) is 17.1. The van der Waals surface area contributed by atoms with E-state index in [9.17, 15) is 4.79 Å². The number of rotatable bonds is 0. The van der Waals surface area contributed by atoms with Crippen LogP contribution in [0.1, 0.15) is 65.2 Å². The van der Waals surface area contributed by atoms with Gasteiger partial charge in [-0.3, -0.25) is 4.90 Å². The number of nitrogens with zero attached hydrogens (tertiary/aromatic N) is 1. The van der Waals surface area contributed by atoms with Crippen LogP contribution in [0, 0.1) is 6.92 Å². The van der Waals surface area contributed by atoms with Gasteiger partial charge < -0.3 is 4.74 Å². The minimum absolute atomic E-state index is 0.0878. The minimum atomic E-state index is -0.482. The highest BCUT2D eigenvalue weighted by atomic mass is 16.6. The van der Waals surface area contributed by atoms with Gasteiger partial charge in [-0.15, -0.1) is 0 Å². The van der Waals surface area contributed by atoms with Crippen molar-refractivity contribution in [3.63, 3.8) is 0 Å². The lowest BCUT2D eigenvalue weighted by atomic mass is 9.71. The molecule has 0 bridgehead atoms. The SMILES string of the molecule is Cc1ccc2c(c1)C(C)(C)N(C(=O)OC(C)(C)C)CC2(C)C. The van der Waals surface area contributed by atoms with E-state index in [4.69, 9.17) is 4.74 Å². The largest absolute Gasteiger partial charge is 0.444 e. The van der Waals surface area contributed by atoms with Crippen LogP contribution >= 0.6 is 0 Å². The summed E-state index contributed by atoms with van der Waals surface area (Å²) in [5.41, 5.74) is 2.81. The molecule has 1 aliphatic heterocycles. The number of hydrogen-bond acceptors (Lipinski definition) is 2. The second kappa shape index (κ2) is 5.00. The zero-order valence-electron chi connectivity index (χ0n) is 15.2.